The number of aromatic amines is 2. The average molecular weight is 973 g/mol. The minimum absolute atomic E-state index is 0.0243. The van der Waals surface area contributed by atoms with Gasteiger partial charge in [0.2, 0.25) is 0 Å². The lowest BCUT2D eigenvalue weighted by molar-refractivity contribution is 0.101. The lowest BCUT2D eigenvalue weighted by Gasteiger charge is -2.12. The molecule has 74 heavy (non-hydrogen) atoms. The number of anilines is 2. The number of azo groups is 2. The fourth-order valence-corrected chi connectivity index (χ4v) is 9.98. The van der Waals surface area contributed by atoms with Crippen LogP contribution >= 0.6 is 0 Å². The SMILES string of the molecule is O=C1c2cc(N=Nc3c(O)c(C(=O)Nc4ccccc4)cc4ccc5c6cc(F)ccc6[nH]c5c34)ccc2-c2ccc(N=Nc3c(O)c(C(=O)Nc4ccccc4)cc4ccc5c6cc(F)ccc6[nH]c5c34)cc21. The summed E-state index contributed by atoms with van der Waals surface area (Å²) < 4.78 is 29.0. The number of rotatable bonds is 8. The van der Waals surface area contributed by atoms with E-state index in [1.165, 1.54) is 24.3 Å². The van der Waals surface area contributed by atoms with Crippen LogP contribution in [0.3, 0.4) is 0 Å². The van der Waals surface area contributed by atoms with E-state index in [9.17, 15) is 33.4 Å². The number of halogens is 2. The van der Waals surface area contributed by atoms with Crippen molar-refractivity contribution >= 4 is 117 Å². The Bertz CT molecular complexity index is 4210. The summed E-state index contributed by atoms with van der Waals surface area (Å²) in [7, 11) is 0. The largest absolute Gasteiger partial charge is 0.505 e. The molecule has 0 aliphatic heterocycles. The van der Waals surface area contributed by atoms with Gasteiger partial charge in [-0.15, -0.1) is 10.2 Å². The molecule has 0 spiro atoms. The molecule has 0 bridgehead atoms. The Kier molecular flexibility index (Phi) is 9.95. The maximum absolute atomic E-state index is 14.5. The normalized spacial score (nSPS) is 12.3. The standard InChI is InChI=1S/C59H34F2N8O5/c60-31-13-21-47-41(25-31)39-17-11-29-23-45(58(73)62-33-7-3-1-4-8-33)56(71)53(49(29)51(39)64-47)68-66-35-15-19-37-38-20-16-36(28-44(38)55(70)43(37)27-35)67-69-54-50-30(12-18-40-42-26-32(61)14-22-48(42)65-52(40)50)24-46(57(54)72)59(74)63-34-9-5-2-6-10-34/h1-28,64-65,71-72H,(H,62,73)(H,63,74). The number of phenolic OH excluding ortho intramolecular Hbond substituents is 2. The monoisotopic (exact) mass is 972 g/mol. The summed E-state index contributed by atoms with van der Waals surface area (Å²) >= 11 is 0. The van der Waals surface area contributed by atoms with Crippen molar-refractivity contribution in [2.24, 2.45) is 20.5 Å². The molecule has 0 radical (unpaired) electrons. The molecule has 13 nitrogen and oxygen atoms in total. The number of hydrogen-bond acceptors (Lipinski definition) is 9. The molecule has 2 heterocycles. The van der Waals surface area contributed by atoms with Gasteiger partial charge in [0.15, 0.2) is 17.3 Å². The number of nitrogens with one attached hydrogen (secondary N) is 4. The van der Waals surface area contributed by atoms with E-state index in [1.807, 2.05) is 24.3 Å². The molecule has 0 saturated heterocycles. The highest BCUT2D eigenvalue weighted by Gasteiger charge is 2.29. The van der Waals surface area contributed by atoms with Gasteiger partial charge < -0.3 is 30.8 Å². The number of carbonyl (C=O) groups is 3. The molecular weight excluding hydrogens is 939 g/mol. The van der Waals surface area contributed by atoms with E-state index < -0.39 is 34.9 Å². The Balaban J connectivity index is 0.866. The first-order valence-electron chi connectivity index (χ1n) is 23.2. The van der Waals surface area contributed by atoms with Gasteiger partial charge >= 0.3 is 0 Å². The van der Waals surface area contributed by atoms with Gasteiger partial charge in [-0.05, 0) is 119 Å². The van der Waals surface area contributed by atoms with Gasteiger partial charge in [-0.1, -0.05) is 72.8 Å². The number of aromatic hydroxyl groups is 2. The second-order valence-corrected chi connectivity index (χ2v) is 17.9. The van der Waals surface area contributed by atoms with Crippen molar-refractivity contribution in [2.45, 2.75) is 0 Å². The molecule has 0 fully saturated rings. The van der Waals surface area contributed by atoms with Gasteiger partial charge in [0, 0.05) is 65.9 Å². The molecule has 6 N–H and O–H groups in total. The minimum Gasteiger partial charge on any atom is -0.505 e. The fourth-order valence-electron chi connectivity index (χ4n) is 9.98. The summed E-state index contributed by atoms with van der Waals surface area (Å²) in [5.74, 6) is -3.22. The molecule has 0 unspecified atom stereocenters. The van der Waals surface area contributed by atoms with Crippen LogP contribution in [0.5, 0.6) is 11.5 Å². The molecule has 13 rings (SSSR count). The average Bonchev–Trinajstić information content (AvgIpc) is 4.07. The number of H-pyrrole nitrogens is 2. The van der Waals surface area contributed by atoms with Crippen LogP contribution in [0.1, 0.15) is 36.6 Å². The second kappa shape index (κ2) is 16.9. The number of hydrogen-bond donors (Lipinski definition) is 6. The van der Waals surface area contributed by atoms with Crippen LogP contribution in [-0.2, 0) is 0 Å². The molecule has 1 aliphatic rings. The van der Waals surface area contributed by atoms with Crippen LogP contribution in [0.25, 0.3) is 76.3 Å². The van der Waals surface area contributed by atoms with Gasteiger partial charge in [-0.25, -0.2) is 8.78 Å². The number of aromatic nitrogens is 2. The first kappa shape index (κ1) is 43.6. The molecule has 15 heteroatoms. The molecule has 1 aliphatic carbocycles. The van der Waals surface area contributed by atoms with Crippen LogP contribution in [0, 0.1) is 11.6 Å². The summed E-state index contributed by atoms with van der Waals surface area (Å²) in [6, 6.07) is 46.7. The summed E-state index contributed by atoms with van der Waals surface area (Å²) in [5, 5.41) is 52.1. The number of carbonyl (C=O) groups excluding carboxylic acids is 3. The highest BCUT2D eigenvalue weighted by atomic mass is 19.1. The molecule has 10 aromatic carbocycles. The third-order valence-electron chi connectivity index (χ3n) is 13.4. The zero-order valence-electron chi connectivity index (χ0n) is 38.3. The smallest absolute Gasteiger partial charge is 0.259 e. The van der Waals surface area contributed by atoms with E-state index >= 15 is 0 Å². The summed E-state index contributed by atoms with van der Waals surface area (Å²) in [6.07, 6.45) is 0. The third kappa shape index (κ3) is 7.17. The van der Waals surface area contributed by atoms with E-state index in [0.717, 1.165) is 0 Å². The lowest BCUT2D eigenvalue weighted by atomic mass is 10.00. The number of benzene rings is 10. The van der Waals surface area contributed by atoms with Crippen molar-refractivity contribution in [2.75, 3.05) is 10.6 Å². The zero-order valence-corrected chi connectivity index (χ0v) is 38.3. The predicted molar refractivity (Wildman–Crippen MR) is 282 cm³/mol. The first-order chi connectivity index (χ1) is 36.0. The summed E-state index contributed by atoms with van der Waals surface area (Å²) in [5.41, 5.74) is 5.71. The highest BCUT2D eigenvalue weighted by Crippen LogP contribution is 2.47. The van der Waals surface area contributed by atoms with Crippen molar-refractivity contribution in [3.8, 4) is 22.6 Å². The second-order valence-electron chi connectivity index (χ2n) is 17.9. The molecule has 2 aromatic heterocycles. The van der Waals surface area contributed by atoms with Gasteiger partial charge in [0.25, 0.3) is 11.8 Å². The van der Waals surface area contributed by atoms with E-state index in [0.29, 0.717) is 98.8 Å². The number of ketones is 1. The van der Waals surface area contributed by atoms with Crippen molar-refractivity contribution < 1.29 is 33.4 Å². The Labute approximate surface area is 416 Å². The van der Waals surface area contributed by atoms with Gasteiger partial charge in [-0.3, -0.25) is 14.4 Å². The molecular formula is C59H34F2N8O5. The van der Waals surface area contributed by atoms with E-state index in [2.05, 4.69) is 41.1 Å². The first-order valence-corrected chi connectivity index (χ1v) is 23.2. The summed E-state index contributed by atoms with van der Waals surface area (Å²) in [4.78, 5) is 48.4. The molecule has 12 aromatic rings. The molecule has 0 saturated carbocycles. The molecule has 2 amide bonds. The summed E-state index contributed by atoms with van der Waals surface area (Å²) in [6.45, 7) is 0. The van der Waals surface area contributed by atoms with Crippen LogP contribution in [0.4, 0.5) is 42.9 Å². The Morgan fingerprint density at radius 2 is 0.878 bits per heavy atom. The molecule has 354 valence electrons. The Morgan fingerprint density at radius 1 is 0.446 bits per heavy atom. The minimum atomic E-state index is -0.583. The third-order valence-corrected chi connectivity index (χ3v) is 13.4. The van der Waals surface area contributed by atoms with Gasteiger partial charge in [0.05, 0.1) is 33.5 Å². The predicted octanol–water partition coefficient (Wildman–Crippen LogP) is 15.5. The topological polar surface area (TPSA) is 197 Å². The van der Waals surface area contributed by atoms with Crippen molar-refractivity contribution in [1.82, 2.24) is 9.97 Å². The lowest BCUT2D eigenvalue weighted by Crippen LogP contribution is -2.12. The Hall–Kier alpha value is -10.4. The van der Waals surface area contributed by atoms with Crippen LogP contribution < -0.4 is 10.6 Å². The number of fused-ring (bicyclic) bond motifs is 13. The fraction of sp³-hybridized carbons (Fsp3) is 0. The Morgan fingerprint density at radius 3 is 1.31 bits per heavy atom. The van der Waals surface area contributed by atoms with Crippen LogP contribution in [0.2, 0.25) is 0 Å². The van der Waals surface area contributed by atoms with Crippen LogP contribution in [0.15, 0.2) is 190 Å². The number of amides is 2. The van der Waals surface area contributed by atoms with E-state index in [-0.39, 0.29) is 39.7 Å². The molecule has 0 atom stereocenters. The number of phenols is 2. The van der Waals surface area contributed by atoms with Crippen molar-refractivity contribution in [1.29, 1.82) is 0 Å². The van der Waals surface area contributed by atoms with Crippen molar-refractivity contribution in [3.05, 3.63) is 204 Å². The quantitative estimate of drug-likeness (QED) is 0.0823. The van der Waals surface area contributed by atoms with Crippen LogP contribution in [-0.4, -0.2) is 37.8 Å². The highest BCUT2D eigenvalue weighted by molar-refractivity contribution is 6.25. The van der Waals surface area contributed by atoms with E-state index in [4.69, 9.17) is 0 Å². The number of para-hydroxylation sites is 2. The maximum atomic E-state index is 14.5. The zero-order chi connectivity index (χ0) is 50.4. The van der Waals surface area contributed by atoms with Crippen molar-refractivity contribution in [3.63, 3.8) is 0 Å². The maximum Gasteiger partial charge on any atom is 0.259 e. The van der Waals surface area contributed by atoms with E-state index in [1.54, 1.807) is 121 Å². The van der Waals surface area contributed by atoms with Gasteiger partial charge in [-0.2, -0.15) is 10.2 Å². The van der Waals surface area contributed by atoms with Gasteiger partial charge in [0.1, 0.15) is 23.0 Å². The number of nitrogens with zero attached hydrogens (tertiary/aromatic N) is 4.